The molecule has 1 aliphatic rings. The second-order valence-corrected chi connectivity index (χ2v) is 10.1. The predicted molar refractivity (Wildman–Crippen MR) is 139 cm³/mol. The van der Waals surface area contributed by atoms with Crippen molar-refractivity contribution in [2.45, 2.75) is 50.8 Å². The number of carbonyl (C=O) groups is 1. The molecule has 0 aliphatic carbocycles. The molecule has 1 N–H and O–H groups in total. The van der Waals surface area contributed by atoms with Crippen LogP contribution in [0.25, 0.3) is 11.1 Å². The summed E-state index contributed by atoms with van der Waals surface area (Å²) in [7, 11) is 3.68. The van der Waals surface area contributed by atoms with Crippen molar-refractivity contribution in [1.82, 2.24) is 14.8 Å². The fraction of sp³-hybridized carbons (Fsp3) is 0.379. The van der Waals surface area contributed by atoms with Crippen LogP contribution in [-0.2, 0) is 17.4 Å². The Labute approximate surface area is 207 Å². The molecule has 2 aromatic carbocycles. The Morgan fingerprint density at radius 1 is 1.03 bits per heavy atom. The summed E-state index contributed by atoms with van der Waals surface area (Å²) in [4.78, 5) is 27.2. The van der Waals surface area contributed by atoms with Crippen molar-refractivity contribution in [1.29, 1.82) is 0 Å². The van der Waals surface area contributed by atoms with E-state index in [2.05, 4.69) is 19.2 Å². The van der Waals surface area contributed by atoms with Crippen LogP contribution in [0, 0.1) is 0 Å². The topological polar surface area (TPSA) is 63.6 Å². The Kier molecular flexibility index (Phi) is 6.86. The van der Waals surface area contributed by atoms with E-state index < -0.39 is 5.60 Å². The van der Waals surface area contributed by atoms with Crippen molar-refractivity contribution in [2.24, 2.45) is 7.05 Å². The molecule has 2 atom stereocenters. The Balaban J connectivity index is 1.54. The standard InChI is InChI=1S/C29H35N3O3/c1-21(22-11-13-23(14-12-22)24-15-17-31(5)26(33)19-24)32-18-16-29(35-27(32)34,20-28(2,3)30-4)25-9-7-6-8-10-25/h6-15,17,19,21,30H,16,18,20H2,1-5H3/t21-,29-/m0/s1. The van der Waals surface area contributed by atoms with Crippen molar-refractivity contribution in [3.8, 4) is 11.1 Å². The van der Waals surface area contributed by atoms with Gasteiger partial charge in [0.15, 0.2) is 0 Å². The maximum atomic E-state index is 13.4. The Bertz CT molecular complexity index is 1230. The lowest BCUT2D eigenvalue weighted by Crippen LogP contribution is -2.53. The summed E-state index contributed by atoms with van der Waals surface area (Å²) in [6.07, 6.45) is 2.87. The lowest BCUT2D eigenvalue weighted by atomic mass is 9.78. The second-order valence-electron chi connectivity index (χ2n) is 10.1. The van der Waals surface area contributed by atoms with E-state index in [4.69, 9.17) is 4.74 Å². The van der Waals surface area contributed by atoms with Gasteiger partial charge in [0.2, 0.25) is 0 Å². The van der Waals surface area contributed by atoms with Gasteiger partial charge in [-0.1, -0.05) is 54.6 Å². The largest absolute Gasteiger partial charge is 0.438 e. The van der Waals surface area contributed by atoms with E-state index in [1.165, 1.54) is 0 Å². The molecule has 0 radical (unpaired) electrons. The molecule has 35 heavy (non-hydrogen) atoms. The van der Waals surface area contributed by atoms with Gasteiger partial charge < -0.3 is 19.5 Å². The third-order valence-electron chi connectivity index (χ3n) is 7.28. The number of nitrogens with zero attached hydrogens (tertiary/aromatic N) is 2. The van der Waals surface area contributed by atoms with Crippen LogP contribution in [0.1, 0.15) is 50.8 Å². The number of hydrogen-bond donors (Lipinski definition) is 1. The number of hydrogen-bond acceptors (Lipinski definition) is 4. The van der Waals surface area contributed by atoms with E-state index >= 15 is 0 Å². The minimum Gasteiger partial charge on any atom is -0.438 e. The van der Waals surface area contributed by atoms with Gasteiger partial charge in [-0.15, -0.1) is 0 Å². The van der Waals surface area contributed by atoms with Crippen LogP contribution in [-0.4, -0.2) is 34.7 Å². The number of carbonyl (C=O) groups excluding carboxylic acids is 1. The number of rotatable bonds is 7. The highest BCUT2D eigenvalue weighted by Gasteiger charge is 2.46. The first-order valence-electron chi connectivity index (χ1n) is 12.2. The van der Waals surface area contributed by atoms with Gasteiger partial charge in [-0.2, -0.15) is 0 Å². The zero-order valence-electron chi connectivity index (χ0n) is 21.2. The van der Waals surface area contributed by atoms with Crippen LogP contribution < -0.4 is 10.9 Å². The highest BCUT2D eigenvalue weighted by Crippen LogP contribution is 2.42. The molecule has 4 rings (SSSR count). The number of ether oxygens (including phenoxy) is 1. The van der Waals surface area contributed by atoms with Crippen LogP contribution in [0.5, 0.6) is 0 Å². The average Bonchev–Trinajstić information content (AvgIpc) is 2.86. The molecule has 3 aromatic rings. The first-order valence-corrected chi connectivity index (χ1v) is 12.2. The van der Waals surface area contributed by atoms with Crippen LogP contribution in [0.15, 0.2) is 77.7 Å². The number of amides is 1. The number of cyclic esters (lactones) is 1. The molecule has 0 unspecified atom stereocenters. The van der Waals surface area contributed by atoms with E-state index in [0.29, 0.717) is 19.4 Å². The maximum absolute atomic E-state index is 13.4. The minimum absolute atomic E-state index is 0.0423. The average molecular weight is 474 g/mol. The van der Waals surface area contributed by atoms with Crippen molar-refractivity contribution in [3.05, 3.63) is 94.4 Å². The van der Waals surface area contributed by atoms with E-state index in [9.17, 15) is 9.59 Å². The summed E-state index contributed by atoms with van der Waals surface area (Å²) in [6, 6.07) is 21.5. The Hall–Kier alpha value is -3.38. The lowest BCUT2D eigenvalue weighted by Gasteiger charge is -2.46. The van der Waals surface area contributed by atoms with E-state index in [1.807, 2.05) is 74.6 Å². The van der Waals surface area contributed by atoms with Gasteiger partial charge in [-0.05, 0) is 56.1 Å². The molecule has 1 aromatic heterocycles. The maximum Gasteiger partial charge on any atom is 0.411 e. The third kappa shape index (κ3) is 5.17. The molecule has 6 nitrogen and oxygen atoms in total. The van der Waals surface area contributed by atoms with E-state index in [-0.39, 0.29) is 23.2 Å². The van der Waals surface area contributed by atoms with Gasteiger partial charge in [-0.3, -0.25) is 4.79 Å². The number of nitrogens with one attached hydrogen (secondary N) is 1. The molecule has 0 spiro atoms. The molecule has 6 heteroatoms. The predicted octanol–water partition coefficient (Wildman–Crippen LogP) is 5.24. The first-order chi connectivity index (χ1) is 16.6. The number of aryl methyl sites for hydroxylation is 1. The molecule has 184 valence electrons. The zero-order valence-corrected chi connectivity index (χ0v) is 21.2. The summed E-state index contributed by atoms with van der Waals surface area (Å²) in [5, 5.41) is 3.36. The van der Waals surface area contributed by atoms with Crippen molar-refractivity contribution in [2.75, 3.05) is 13.6 Å². The smallest absolute Gasteiger partial charge is 0.411 e. The summed E-state index contributed by atoms with van der Waals surface area (Å²) in [5.74, 6) is 0. The summed E-state index contributed by atoms with van der Waals surface area (Å²) in [5.41, 5.74) is 2.99. The molecule has 0 saturated carbocycles. The number of aromatic nitrogens is 1. The molecule has 2 heterocycles. The Morgan fingerprint density at radius 2 is 1.71 bits per heavy atom. The second kappa shape index (κ2) is 9.70. The normalized spacial score (nSPS) is 19.3. The monoisotopic (exact) mass is 473 g/mol. The molecular formula is C29H35N3O3. The van der Waals surface area contributed by atoms with Gasteiger partial charge in [0.1, 0.15) is 5.60 Å². The van der Waals surface area contributed by atoms with Gasteiger partial charge in [-0.25, -0.2) is 4.79 Å². The Morgan fingerprint density at radius 3 is 2.31 bits per heavy atom. The van der Waals surface area contributed by atoms with Crippen LogP contribution in [0.4, 0.5) is 4.79 Å². The molecule has 1 saturated heterocycles. The summed E-state index contributed by atoms with van der Waals surface area (Å²) in [6.45, 7) is 6.89. The first kappa shape index (κ1) is 24.7. The zero-order chi connectivity index (χ0) is 25.2. The van der Waals surface area contributed by atoms with Gasteiger partial charge in [0.05, 0.1) is 6.04 Å². The fourth-order valence-electron chi connectivity index (χ4n) is 4.86. The van der Waals surface area contributed by atoms with Gasteiger partial charge in [0.25, 0.3) is 5.56 Å². The van der Waals surface area contributed by atoms with Gasteiger partial charge in [0, 0.05) is 44.2 Å². The van der Waals surface area contributed by atoms with Crippen LogP contribution >= 0.6 is 0 Å². The van der Waals surface area contributed by atoms with Crippen molar-refractivity contribution >= 4 is 6.09 Å². The summed E-state index contributed by atoms with van der Waals surface area (Å²) >= 11 is 0. The van der Waals surface area contributed by atoms with Gasteiger partial charge >= 0.3 is 6.09 Å². The molecule has 1 fully saturated rings. The number of benzene rings is 2. The van der Waals surface area contributed by atoms with Crippen molar-refractivity contribution < 1.29 is 9.53 Å². The minimum atomic E-state index is -0.676. The van der Waals surface area contributed by atoms with E-state index in [0.717, 1.165) is 22.3 Å². The van der Waals surface area contributed by atoms with Crippen molar-refractivity contribution in [3.63, 3.8) is 0 Å². The number of pyridine rings is 1. The van der Waals surface area contributed by atoms with Crippen LogP contribution in [0.2, 0.25) is 0 Å². The molecule has 0 bridgehead atoms. The fourth-order valence-corrected chi connectivity index (χ4v) is 4.86. The molecule has 1 amide bonds. The quantitative estimate of drug-likeness (QED) is 0.510. The SMILES string of the molecule is CNC(C)(C)C[C@]1(c2ccccc2)CCN([C@@H](C)c2ccc(-c3ccn(C)c(=O)c3)cc2)C(=O)O1. The molecular weight excluding hydrogens is 438 g/mol. The lowest BCUT2D eigenvalue weighted by molar-refractivity contribution is -0.0761. The third-order valence-corrected chi connectivity index (χ3v) is 7.28. The van der Waals surface area contributed by atoms with E-state index in [1.54, 1.807) is 28.8 Å². The van der Waals surface area contributed by atoms with Crippen LogP contribution in [0.3, 0.4) is 0 Å². The summed E-state index contributed by atoms with van der Waals surface area (Å²) < 4.78 is 7.83. The highest BCUT2D eigenvalue weighted by molar-refractivity contribution is 5.70. The molecule has 1 aliphatic heterocycles. The highest BCUT2D eigenvalue weighted by atomic mass is 16.6.